The molecule has 5 rings (SSSR count). The van der Waals surface area contributed by atoms with Crippen molar-refractivity contribution in [3.05, 3.63) is 72.1 Å². The van der Waals surface area contributed by atoms with Gasteiger partial charge in [0.25, 0.3) is 0 Å². The zero-order valence-corrected chi connectivity index (χ0v) is 18.6. The Kier molecular flexibility index (Phi) is 5.92. The number of likely N-dealkylation sites (tertiary alicyclic amines) is 1. The van der Waals surface area contributed by atoms with E-state index in [9.17, 15) is 4.39 Å². The Hall–Kier alpha value is -3.52. The molecular weight excluding hydrogens is 419 g/mol. The first-order valence-electron chi connectivity index (χ1n) is 11.3. The summed E-state index contributed by atoms with van der Waals surface area (Å²) in [4.78, 5) is 11.0. The molecule has 4 aromatic rings. The van der Waals surface area contributed by atoms with E-state index in [4.69, 9.17) is 10.3 Å². The fraction of sp³-hybridized carbons (Fsp3) is 0.320. The Morgan fingerprint density at radius 2 is 1.91 bits per heavy atom. The standard InChI is InChI=1S/C25H27FN6O/c1-2-17-15-32(21-8-12-31(13-9-21)16-20-10-14-33-30-20)24(22-7-11-28-25(27)29-22)23(17)18-3-5-19(26)6-4-18/h3-7,10-11,14-15,21H,2,8-9,12-13,16H2,1H3,(H2,27,28,29). The van der Waals surface area contributed by atoms with Crippen molar-refractivity contribution in [2.24, 2.45) is 0 Å². The van der Waals surface area contributed by atoms with Crippen LogP contribution in [-0.4, -0.2) is 37.7 Å². The molecule has 0 bridgehead atoms. The number of hydrogen-bond acceptors (Lipinski definition) is 6. The van der Waals surface area contributed by atoms with Crippen LogP contribution in [0.15, 0.2) is 59.6 Å². The average molecular weight is 447 g/mol. The van der Waals surface area contributed by atoms with E-state index in [-0.39, 0.29) is 11.8 Å². The maximum absolute atomic E-state index is 13.7. The SMILES string of the molecule is CCc1cn(C2CCN(Cc3ccon3)CC2)c(-c2ccnc(N)n2)c1-c1ccc(F)cc1. The Labute approximate surface area is 192 Å². The first-order chi connectivity index (χ1) is 16.1. The Morgan fingerprint density at radius 1 is 1.12 bits per heavy atom. The van der Waals surface area contributed by atoms with Crippen LogP contribution in [0.2, 0.25) is 0 Å². The number of nitrogens with two attached hydrogens (primary N) is 1. The highest BCUT2D eigenvalue weighted by molar-refractivity contribution is 5.83. The number of rotatable bonds is 6. The van der Waals surface area contributed by atoms with Crippen molar-refractivity contribution >= 4 is 5.95 Å². The van der Waals surface area contributed by atoms with Crippen LogP contribution in [0.1, 0.15) is 37.1 Å². The van der Waals surface area contributed by atoms with Gasteiger partial charge in [-0.15, -0.1) is 0 Å². The Morgan fingerprint density at radius 3 is 2.58 bits per heavy atom. The van der Waals surface area contributed by atoms with Gasteiger partial charge in [0.15, 0.2) is 0 Å². The minimum atomic E-state index is -0.247. The number of hydrogen-bond donors (Lipinski definition) is 1. The van der Waals surface area contributed by atoms with Gasteiger partial charge in [-0.25, -0.2) is 14.4 Å². The number of halogens is 1. The number of piperidine rings is 1. The number of benzene rings is 1. The van der Waals surface area contributed by atoms with Gasteiger partial charge in [-0.2, -0.15) is 0 Å². The third-order valence-corrected chi connectivity index (χ3v) is 6.37. The van der Waals surface area contributed by atoms with E-state index in [1.165, 1.54) is 17.7 Å². The van der Waals surface area contributed by atoms with Crippen molar-refractivity contribution < 1.29 is 8.91 Å². The third kappa shape index (κ3) is 4.39. The molecular formula is C25H27FN6O. The Balaban J connectivity index is 1.52. The van der Waals surface area contributed by atoms with Crippen LogP contribution in [0.3, 0.4) is 0 Å². The normalized spacial score (nSPS) is 15.2. The lowest BCUT2D eigenvalue weighted by molar-refractivity contribution is 0.176. The molecule has 1 saturated heterocycles. The maximum atomic E-state index is 13.7. The highest BCUT2D eigenvalue weighted by atomic mass is 19.1. The highest BCUT2D eigenvalue weighted by Gasteiger charge is 2.27. The predicted octanol–water partition coefficient (Wildman–Crippen LogP) is 4.72. The van der Waals surface area contributed by atoms with Crippen LogP contribution < -0.4 is 5.73 Å². The zero-order chi connectivity index (χ0) is 22.8. The van der Waals surface area contributed by atoms with Gasteiger partial charge in [-0.3, -0.25) is 4.90 Å². The van der Waals surface area contributed by atoms with Crippen LogP contribution >= 0.6 is 0 Å². The number of nitrogen functional groups attached to an aromatic ring is 1. The third-order valence-electron chi connectivity index (χ3n) is 6.37. The summed E-state index contributed by atoms with van der Waals surface area (Å²) in [6, 6.07) is 10.8. The van der Waals surface area contributed by atoms with E-state index < -0.39 is 0 Å². The molecule has 0 unspecified atom stereocenters. The second kappa shape index (κ2) is 9.15. The minimum absolute atomic E-state index is 0.241. The lowest BCUT2D eigenvalue weighted by Gasteiger charge is -2.33. The van der Waals surface area contributed by atoms with E-state index in [2.05, 4.69) is 37.7 Å². The molecule has 1 fully saturated rings. The summed E-state index contributed by atoms with van der Waals surface area (Å²) in [7, 11) is 0. The van der Waals surface area contributed by atoms with Crippen molar-refractivity contribution in [1.29, 1.82) is 0 Å². The van der Waals surface area contributed by atoms with Crippen LogP contribution in [-0.2, 0) is 13.0 Å². The second-order valence-electron chi connectivity index (χ2n) is 8.44. The van der Waals surface area contributed by atoms with Gasteiger partial charge in [0.05, 0.1) is 17.1 Å². The first-order valence-corrected chi connectivity index (χ1v) is 11.3. The predicted molar refractivity (Wildman–Crippen MR) is 125 cm³/mol. The summed E-state index contributed by atoms with van der Waals surface area (Å²) >= 11 is 0. The molecule has 2 N–H and O–H groups in total. The molecule has 33 heavy (non-hydrogen) atoms. The maximum Gasteiger partial charge on any atom is 0.220 e. The molecule has 8 heteroatoms. The van der Waals surface area contributed by atoms with Crippen molar-refractivity contribution in [2.75, 3.05) is 18.8 Å². The van der Waals surface area contributed by atoms with Gasteiger partial charge in [-0.1, -0.05) is 24.2 Å². The van der Waals surface area contributed by atoms with E-state index >= 15 is 0 Å². The monoisotopic (exact) mass is 446 g/mol. The number of anilines is 1. The molecule has 3 aromatic heterocycles. The fourth-order valence-electron chi connectivity index (χ4n) is 4.74. The van der Waals surface area contributed by atoms with Crippen molar-refractivity contribution in [3.63, 3.8) is 0 Å². The Bertz CT molecular complexity index is 1210. The first kappa shape index (κ1) is 21.3. The van der Waals surface area contributed by atoms with E-state index in [1.807, 2.05) is 24.3 Å². The zero-order valence-electron chi connectivity index (χ0n) is 18.6. The van der Waals surface area contributed by atoms with Gasteiger partial charge in [0.1, 0.15) is 12.1 Å². The van der Waals surface area contributed by atoms with Crippen molar-refractivity contribution in [2.45, 2.75) is 38.8 Å². The molecule has 170 valence electrons. The minimum Gasteiger partial charge on any atom is -0.368 e. The van der Waals surface area contributed by atoms with Gasteiger partial charge in [0, 0.05) is 49.7 Å². The van der Waals surface area contributed by atoms with Crippen LogP contribution in [0.25, 0.3) is 22.5 Å². The lowest BCUT2D eigenvalue weighted by Crippen LogP contribution is -2.34. The molecule has 7 nitrogen and oxygen atoms in total. The molecule has 1 aliphatic heterocycles. The lowest BCUT2D eigenvalue weighted by atomic mass is 9.98. The fourth-order valence-corrected chi connectivity index (χ4v) is 4.74. The number of aryl methyl sites for hydroxylation is 1. The average Bonchev–Trinajstić information content (AvgIpc) is 3.48. The van der Waals surface area contributed by atoms with Gasteiger partial charge >= 0.3 is 0 Å². The van der Waals surface area contributed by atoms with E-state index in [1.54, 1.807) is 12.5 Å². The molecule has 0 aliphatic carbocycles. The van der Waals surface area contributed by atoms with Crippen molar-refractivity contribution in [1.82, 2.24) is 24.6 Å². The summed E-state index contributed by atoms with van der Waals surface area (Å²) in [5, 5.41) is 4.04. The summed E-state index contributed by atoms with van der Waals surface area (Å²) in [6.07, 6.45) is 8.42. The molecule has 0 radical (unpaired) electrons. The summed E-state index contributed by atoms with van der Waals surface area (Å²) in [5.41, 5.74) is 12.0. The quantitative estimate of drug-likeness (QED) is 0.461. The number of aromatic nitrogens is 4. The molecule has 4 heterocycles. The van der Waals surface area contributed by atoms with Crippen LogP contribution in [0.5, 0.6) is 0 Å². The molecule has 0 saturated carbocycles. The second-order valence-corrected chi connectivity index (χ2v) is 8.44. The van der Waals surface area contributed by atoms with Gasteiger partial charge in [-0.05, 0) is 48.6 Å². The van der Waals surface area contributed by atoms with Crippen LogP contribution in [0, 0.1) is 5.82 Å². The highest BCUT2D eigenvalue weighted by Crippen LogP contribution is 2.40. The van der Waals surface area contributed by atoms with Crippen LogP contribution in [0.4, 0.5) is 10.3 Å². The largest absolute Gasteiger partial charge is 0.368 e. The van der Waals surface area contributed by atoms with Crippen molar-refractivity contribution in [3.8, 4) is 22.5 Å². The molecule has 0 amide bonds. The topological polar surface area (TPSA) is 86.0 Å². The van der Waals surface area contributed by atoms with E-state index in [0.29, 0.717) is 6.04 Å². The molecule has 1 aromatic carbocycles. The number of nitrogens with zero attached hydrogens (tertiary/aromatic N) is 5. The molecule has 0 atom stereocenters. The van der Waals surface area contributed by atoms with Gasteiger partial charge in [0.2, 0.25) is 5.95 Å². The molecule has 1 aliphatic rings. The summed E-state index contributed by atoms with van der Waals surface area (Å²) in [5.74, 6) is -0.00525. The summed E-state index contributed by atoms with van der Waals surface area (Å²) in [6.45, 7) is 4.87. The molecule has 0 spiro atoms. The van der Waals surface area contributed by atoms with Gasteiger partial charge < -0.3 is 14.8 Å². The smallest absolute Gasteiger partial charge is 0.220 e. The van der Waals surface area contributed by atoms with E-state index in [0.717, 1.165) is 67.1 Å². The summed E-state index contributed by atoms with van der Waals surface area (Å²) < 4.78 is 21.0.